The molecule has 20 heavy (non-hydrogen) atoms. The van der Waals surface area contributed by atoms with Crippen molar-refractivity contribution >= 4 is 17.3 Å². The van der Waals surface area contributed by atoms with Gasteiger partial charge in [-0.15, -0.1) is 0 Å². The first-order chi connectivity index (χ1) is 9.63. The lowest BCUT2D eigenvalue weighted by molar-refractivity contribution is -0.384. The van der Waals surface area contributed by atoms with Crippen molar-refractivity contribution < 1.29 is 4.92 Å². The van der Waals surface area contributed by atoms with E-state index >= 15 is 0 Å². The zero-order valence-electron chi connectivity index (χ0n) is 11.9. The highest BCUT2D eigenvalue weighted by atomic mass is 16.6. The molecule has 1 saturated heterocycles. The van der Waals surface area contributed by atoms with Crippen molar-refractivity contribution in [2.45, 2.75) is 25.8 Å². The maximum atomic E-state index is 11.1. The van der Waals surface area contributed by atoms with Gasteiger partial charge < -0.3 is 15.5 Å². The number of nitrogens with zero attached hydrogens (tertiary/aromatic N) is 3. The normalized spacial score (nSPS) is 19.6. The van der Waals surface area contributed by atoms with E-state index in [1.54, 1.807) is 13.1 Å². The summed E-state index contributed by atoms with van der Waals surface area (Å²) in [5, 5.41) is 17.2. The summed E-state index contributed by atoms with van der Waals surface area (Å²) in [6.07, 6.45) is 2.12. The molecule has 1 aromatic rings. The Labute approximate surface area is 118 Å². The summed E-state index contributed by atoms with van der Waals surface area (Å²) in [5.74, 6) is 0.978. The average Bonchev–Trinajstić information content (AvgIpc) is 2.47. The number of nitro groups is 1. The molecule has 1 aliphatic rings. The van der Waals surface area contributed by atoms with Crippen LogP contribution >= 0.6 is 0 Å². The molecule has 1 aromatic heterocycles. The Kier molecular flexibility index (Phi) is 4.73. The number of likely N-dealkylation sites (tertiary alicyclic amines) is 1. The van der Waals surface area contributed by atoms with Gasteiger partial charge in [-0.3, -0.25) is 10.1 Å². The molecule has 2 rings (SSSR count). The van der Waals surface area contributed by atoms with Crippen molar-refractivity contribution in [3.63, 3.8) is 0 Å². The fraction of sp³-hybridized carbons (Fsp3) is 0.615. The molecule has 0 aliphatic carbocycles. The molecule has 0 aromatic carbocycles. The van der Waals surface area contributed by atoms with Crippen LogP contribution in [0.25, 0.3) is 0 Å². The van der Waals surface area contributed by atoms with Crippen LogP contribution in [0.1, 0.15) is 19.8 Å². The molecular weight excluding hydrogens is 258 g/mol. The van der Waals surface area contributed by atoms with E-state index in [-0.39, 0.29) is 11.7 Å². The second-order valence-electron chi connectivity index (χ2n) is 4.95. The van der Waals surface area contributed by atoms with Gasteiger partial charge in [0.15, 0.2) is 0 Å². The summed E-state index contributed by atoms with van der Waals surface area (Å²) in [4.78, 5) is 17.3. The number of likely N-dealkylation sites (N-methyl/N-ethyl adjacent to an activating group) is 1. The van der Waals surface area contributed by atoms with Gasteiger partial charge in [0, 0.05) is 25.7 Å². The van der Waals surface area contributed by atoms with Crippen LogP contribution in [-0.2, 0) is 0 Å². The Morgan fingerprint density at radius 3 is 3.00 bits per heavy atom. The minimum atomic E-state index is -0.394. The minimum Gasteiger partial charge on any atom is -0.373 e. The Hall–Kier alpha value is -1.89. The third kappa shape index (κ3) is 3.36. The highest BCUT2D eigenvalue weighted by molar-refractivity contribution is 5.60. The Bertz CT molecular complexity index is 480. The molecule has 0 amide bonds. The van der Waals surface area contributed by atoms with Gasteiger partial charge in [-0.25, -0.2) is 4.98 Å². The van der Waals surface area contributed by atoms with Gasteiger partial charge in [0.25, 0.3) is 0 Å². The number of nitrogens with one attached hydrogen (secondary N) is 2. The lowest BCUT2D eigenvalue weighted by atomic mass is 10.1. The lowest BCUT2D eigenvalue weighted by Gasteiger charge is -2.32. The summed E-state index contributed by atoms with van der Waals surface area (Å²) in [6, 6.07) is 3.31. The molecule has 0 bridgehead atoms. The summed E-state index contributed by atoms with van der Waals surface area (Å²) in [5.41, 5.74) is 0.0256. The first-order valence-electron chi connectivity index (χ1n) is 6.96. The van der Waals surface area contributed by atoms with Gasteiger partial charge in [0.2, 0.25) is 5.82 Å². The van der Waals surface area contributed by atoms with Gasteiger partial charge in [0.05, 0.1) is 4.92 Å². The van der Waals surface area contributed by atoms with E-state index in [0.29, 0.717) is 11.6 Å². The highest BCUT2D eigenvalue weighted by Crippen LogP contribution is 2.26. The molecule has 0 saturated carbocycles. The number of hydrogen-bond acceptors (Lipinski definition) is 6. The van der Waals surface area contributed by atoms with Crippen molar-refractivity contribution in [3.8, 4) is 0 Å². The topological polar surface area (TPSA) is 83.3 Å². The van der Waals surface area contributed by atoms with Crippen molar-refractivity contribution in [2.24, 2.45) is 0 Å². The second-order valence-corrected chi connectivity index (χ2v) is 4.95. The predicted molar refractivity (Wildman–Crippen MR) is 79.2 cm³/mol. The van der Waals surface area contributed by atoms with Crippen LogP contribution in [0.5, 0.6) is 0 Å². The van der Waals surface area contributed by atoms with Crippen LogP contribution in [-0.4, -0.2) is 47.5 Å². The largest absolute Gasteiger partial charge is 0.373 e. The van der Waals surface area contributed by atoms with Gasteiger partial charge in [0.1, 0.15) is 5.82 Å². The zero-order valence-corrected chi connectivity index (χ0v) is 11.9. The maximum absolute atomic E-state index is 11.1. The summed E-state index contributed by atoms with van der Waals surface area (Å²) in [7, 11) is 1.75. The smallest absolute Gasteiger partial charge is 0.311 e. The van der Waals surface area contributed by atoms with Crippen LogP contribution < -0.4 is 10.6 Å². The maximum Gasteiger partial charge on any atom is 0.311 e. The Morgan fingerprint density at radius 1 is 1.55 bits per heavy atom. The van der Waals surface area contributed by atoms with E-state index in [1.165, 1.54) is 6.07 Å². The van der Waals surface area contributed by atoms with Crippen molar-refractivity contribution in [1.29, 1.82) is 0 Å². The quantitative estimate of drug-likeness (QED) is 0.633. The van der Waals surface area contributed by atoms with Crippen molar-refractivity contribution in [1.82, 2.24) is 9.88 Å². The van der Waals surface area contributed by atoms with E-state index in [4.69, 9.17) is 0 Å². The number of hydrogen-bond donors (Lipinski definition) is 2. The molecule has 1 aliphatic heterocycles. The van der Waals surface area contributed by atoms with E-state index in [1.807, 2.05) is 0 Å². The fourth-order valence-electron chi connectivity index (χ4n) is 2.50. The molecule has 7 nitrogen and oxygen atoms in total. The molecule has 7 heteroatoms. The molecule has 1 atom stereocenters. The summed E-state index contributed by atoms with van der Waals surface area (Å²) in [6.45, 7) is 5.13. The molecule has 1 unspecified atom stereocenters. The molecule has 0 radical (unpaired) electrons. The first-order valence-corrected chi connectivity index (χ1v) is 6.96. The third-order valence-corrected chi connectivity index (χ3v) is 3.62. The fourth-order valence-corrected chi connectivity index (χ4v) is 2.50. The van der Waals surface area contributed by atoms with Crippen LogP contribution in [0, 0.1) is 10.1 Å². The molecule has 2 N–H and O–H groups in total. The Balaban J connectivity index is 2.16. The predicted octanol–water partition coefficient (Wildman–Crippen LogP) is 1.93. The Morgan fingerprint density at radius 2 is 2.35 bits per heavy atom. The first kappa shape index (κ1) is 14.5. The van der Waals surface area contributed by atoms with Crippen LogP contribution in [0.3, 0.4) is 0 Å². The van der Waals surface area contributed by atoms with Gasteiger partial charge in [-0.05, 0) is 32.0 Å². The SMILES string of the molecule is CCN1CCCC(Nc2nc(NC)ccc2[N+](=O)[O-])C1. The number of anilines is 2. The highest BCUT2D eigenvalue weighted by Gasteiger charge is 2.23. The standard InChI is InChI=1S/C13H21N5O2/c1-3-17-8-4-5-10(9-17)15-13-11(18(19)20)6-7-12(14-2)16-13/h6-7,10H,3-5,8-9H2,1-2H3,(H2,14,15,16). The monoisotopic (exact) mass is 279 g/mol. The number of aromatic nitrogens is 1. The molecule has 0 spiro atoms. The summed E-state index contributed by atoms with van der Waals surface area (Å²) >= 11 is 0. The molecule has 110 valence electrons. The molecule has 1 fully saturated rings. The van der Waals surface area contributed by atoms with Crippen molar-refractivity contribution in [3.05, 3.63) is 22.2 Å². The van der Waals surface area contributed by atoms with Crippen molar-refractivity contribution in [2.75, 3.05) is 37.3 Å². The molecular formula is C13H21N5O2. The van der Waals surface area contributed by atoms with E-state index in [0.717, 1.165) is 32.5 Å². The summed E-state index contributed by atoms with van der Waals surface area (Å²) < 4.78 is 0. The van der Waals surface area contributed by atoms with Crippen LogP contribution in [0.2, 0.25) is 0 Å². The van der Waals surface area contributed by atoms with Crippen LogP contribution in [0.15, 0.2) is 12.1 Å². The van der Waals surface area contributed by atoms with Gasteiger partial charge in [-0.2, -0.15) is 0 Å². The number of pyridine rings is 1. The average molecular weight is 279 g/mol. The lowest BCUT2D eigenvalue weighted by Crippen LogP contribution is -2.42. The number of piperidine rings is 1. The van der Waals surface area contributed by atoms with E-state index in [2.05, 4.69) is 27.4 Å². The van der Waals surface area contributed by atoms with Crippen LogP contribution in [0.4, 0.5) is 17.3 Å². The number of rotatable bonds is 5. The van der Waals surface area contributed by atoms with E-state index in [9.17, 15) is 10.1 Å². The minimum absolute atomic E-state index is 0.0256. The molecule has 2 heterocycles. The van der Waals surface area contributed by atoms with Gasteiger partial charge in [-0.1, -0.05) is 6.92 Å². The van der Waals surface area contributed by atoms with E-state index < -0.39 is 4.92 Å². The van der Waals surface area contributed by atoms with Gasteiger partial charge >= 0.3 is 5.69 Å². The second kappa shape index (κ2) is 6.51. The third-order valence-electron chi connectivity index (χ3n) is 3.62. The zero-order chi connectivity index (χ0) is 14.5.